The fraction of sp³-hybridized carbons (Fsp3) is 1.00. The second-order valence-electron chi connectivity index (χ2n) is 7.76. The molecule has 0 spiro atoms. The van der Waals surface area contributed by atoms with E-state index in [-0.39, 0.29) is 11.5 Å². The predicted octanol–water partition coefficient (Wildman–Crippen LogP) is 1.67. The van der Waals surface area contributed by atoms with Crippen LogP contribution in [0.4, 0.5) is 0 Å². The van der Waals surface area contributed by atoms with Crippen molar-refractivity contribution in [2.24, 2.45) is 11.3 Å². The van der Waals surface area contributed by atoms with Gasteiger partial charge < -0.3 is 4.90 Å². The fourth-order valence-electron chi connectivity index (χ4n) is 3.51. The van der Waals surface area contributed by atoms with Crippen molar-refractivity contribution in [1.82, 2.24) is 13.9 Å². The van der Waals surface area contributed by atoms with Gasteiger partial charge in [-0.15, -0.1) is 0 Å². The van der Waals surface area contributed by atoms with Crippen LogP contribution >= 0.6 is 0 Å². The molecule has 0 aromatic rings. The van der Waals surface area contributed by atoms with Gasteiger partial charge >= 0.3 is 0 Å². The normalized spacial score (nSPS) is 27.9. The van der Waals surface area contributed by atoms with Crippen LogP contribution in [0.3, 0.4) is 0 Å². The third kappa shape index (κ3) is 4.65. The molecule has 1 N–H and O–H groups in total. The van der Waals surface area contributed by atoms with Crippen LogP contribution < -0.4 is 4.72 Å². The van der Waals surface area contributed by atoms with Crippen LogP contribution in [0.1, 0.15) is 46.5 Å². The smallest absolute Gasteiger partial charge is 0.279 e. The molecule has 2 aliphatic rings. The van der Waals surface area contributed by atoms with Gasteiger partial charge in [-0.2, -0.15) is 17.4 Å². The van der Waals surface area contributed by atoms with E-state index in [1.54, 1.807) is 4.31 Å². The molecule has 6 heteroatoms. The number of hydrogen-bond acceptors (Lipinski definition) is 3. The lowest BCUT2D eigenvalue weighted by Crippen LogP contribution is -2.52. The molecule has 21 heavy (non-hydrogen) atoms. The van der Waals surface area contributed by atoms with E-state index in [0.29, 0.717) is 19.0 Å². The minimum atomic E-state index is -3.32. The Bertz CT molecular complexity index is 436. The van der Waals surface area contributed by atoms with E-state index in [1.807, 2.05) is 0 Å². The number of nitrogens with zero attached hydrogens (tertiary/aromatic N) is 2. The molecule has 0 saturated carbocycles. The highest BCUT2D eigenvalue weighted by Gasteiger charge is 2.34. The highest BCUT2D eigenvalue weighted by molar-refractivity contribution is 7.87. The number of likely N-dealkylation sites (tertiary alicyclic amines) is 1. The molecule has 2 aliphatic heterocycles. The first-order chi connectivity index (χ1) is 9.68. The summed E-state index contributed by atoms with van der Waals surface area (Å²) in [6.07, 6.45) is 3.95. The van der Waals surface area contributed by atoms with Crippen LogP contribution in [0.5, 0.6) is 0 Å². The molecule has 0 aromatic carbocycles. The number of piperidine rings is 2. The summed E-state index contributed by atoms with van der Waals surface area (Å²) in [4.78, 5) is 2.20. The zero-order chi connectivity index (χ0) is 15.7. The van der Waals surface area contributed by atoms with Crippen molar-refractivity contribution in [2.45, 2.75) is 52.5 Å². The Morgan fingerprint density at radius 2 is 1.67 bits per heavy atom. The molecule has 0 radical (unpaired) electrons. The van der Waals surface area contributed by atoms with Crippen molar-refractivity contribution in [1.29, 1.82) is 0 Å². The van der Waals surface area contributed by atoms with Crippen molar-refractivity contribution < 1.29 is 8.42 Å². The van der Waals surface area contributed by atoms with Crippen LogP contribution in [0.15, 0.2) is 0 Å². The molecule has 1 atom stereocenters. The van der Waals surface area contributed by atoms with Crippen LogP contribution in [-0.2, 0) is 10.2 Å². The molecule has 2 fully saturated rings. The highest BCUT2D eigenvalue weighted by Crippen LogP contribution is 2.34. The van der Waals surface area contributed by atoms with Gasteiger partial charge in [0.15, 0.2) is 0 Å². The van der Waals surface area contributed by atoms with Gasteiger partial charge in [-0.05, 0) is 50.6 Å². The standard InChI is InChI=1S/C15H31N3O2S/c1-15(2,3)13-7-10-18(11-8-13)21(19,20)16-14-6-5-9-17(4)12-14/h13-14,16H,5-12H2,1-4H3/t14-/m0/s1. The maximum absolute atomic E-state index is 12.5. The van der Waals surface area contributed by atoms with Gasteiger partial charge in [0.05, 0.1) is 0 Å². The van der Waals surface area contributed by atoms with Crippen LogP contribution in [-0.4, -0.2) is 56.9 Å². The van der Waals surface area contributed by atoms with Crippen LogP contribution in [0, 0.1) is 11.3 Å². The molecule has 0 aromatic heterocycles. The van der Waals surface area contributed by atoms with Gasteiger partial charge in [-0.1, -0.05) is 20.8 Å². The van der Waals surface area contributed by atoms with Crippen molar-refractivity contribution in [2.75, 3.05) is 33.2 Å². The molecule has 0 bridgehead atoms. The Morgan fingerprint density at radius 3 is 2.19 bits per heavy atom. The Hall–Kier alpha value is -0.170. The number of rotatable bonds is 3. The second-order valence-corrected chi connectivity index (χ2v) is 9.47. The molecule has 0 amide bonds. The van der Waals surface area contributed by atoms with E-state index in [4.69, 9.17) is 0 Å². The number of nitrogens with one attached hydrogen (secondary N) is 1. The van der Waals surface area contributed by atoms with E-state index in [1.165, 1.54) is 0 Å². The average molecular weight is 317 g/mol. The lowest BCUT2D eigenvalue weighted by Gasteiger charge is -2.39. The molecule has 5 nitrogen and oxygen atoms in total. The quantitative estimate of drug-likeness (QED) is 0.861. The Kier molecular flexibility index (Phi) is 5.34. The largest absolute Gasteiger partial charge is 0.305 e. The highest BCUT2D eigenvalue weighted by atomic mass is 32.2. The Labute approximate surface area is 130 Å². The maximum atomic E-state index is 12.5. The Morgan fingerprint density at radius 1 is 1.05 bits per heavy atom. The maximum Gasteiger partial charge on any atom is 0.279 e. The summed E-state index contributed by atoms with van der Waals surface area (Å²) in [6, 6.07) is 0.0640. The summed E-state index contributed by atoms with van der Waals surface area (Å²) >= 11 is 0. The van der Waals surface area contributed by atoms with Gasteiger partial charge in [0.2, 0.25) is 0 Å². The zero-order valence-corrected chi connectivity index (χ0v) is 14.7. The minimum absolute atomic E-state index is 0.0640. The van der Waals surface area contributed by atoms with Crippen molar-refractivity contribution in [3.05, 3.63) is 0 Å². The molecule has 2 rings (SSSR count). The summed E-state index contributed by atoms with van der Waals surface area (Å²) < 4.78 is 29.6. The predicted molar refractivity (Wildman–Crippen MR) is 86.3 cm³/mol. The molecule has 2 heterocycles. The SMILES string of the molecule is CN1CCC[C@H](NS(=O)(=O)N2CCC(C(C)(C)C)CC2)C1. The van der Waals surface area contributed by atoms with Gasteiger partial charge in [0, 0.05) is 25.7 Å². The summed E-state index contributed by atoms with van der Waals surface area (Å²) in [6.45, 7) is 9.93. The summed E-state index contributed by atoms with van der Waals surface area (Å²) in [5, 5.41) is 0. The average Bonchev–Trinajstić information content (AvgIpc) is 2.37. The second kappa shape index (κ2) is 6.52. The van der Waals surface area contributed by atoms with E-state index >= 15 is 0 Å². The summed E-state index contributed by atoms with van der Waals surface area (Å²) in [7, 11) is -1.27. The fourth-order valence-corrected chi connectivity index (χ4v) is 4.96. The molecular formula is C15H31N3O2S. The first kappa shape index (κ1) is 17.2. The topological polar surface area (TPSA) is 52.7 Å². The van der Waals surface area contributed by atoms with E-state index in [2.05, 4.69) is 37.4 Å². The van der Waals surface area contributed by atoms with Gasteiger partial charge in [0.1, 0.15) is 0 Å². The van der Waals surface area contributed by atoms with Crippen molar-refractivity contribution in [3.63, 3.8) is 0 Å². The van der Waals surface area contributed by atoms with E-state index in [0.717, 1.165) is 38.8 Å². The summed E-state index contributed by atoms with van der Waals surface area (Å²) in [5.41, 5.74) is 0.273. The first-order valence-electron chi connectivity index (χ1n) is 8.14. The van der Waals surface area contributed by atoms with Crippen molar-refractivity contribution in [3.8, 4) is 0 Å². The summed E-state index contributed by atoms with van der Waals surface area (Å²) in [5.74, 6) is 0.616. The molecule has 2 saturated heterocycles. The molecule has 0 unspecified atom stereocenters. The van der Waals surface area contributed by atoms with Crippen molar-refractivity contribution >= 4 is 10.2 Å². The van der Waals surface area contributed by atoms with E-state index < -0.39 is 10.2 Å². The Balaban J connectivity index is 1.89. The molecule has 124 valence electrons. The lowest BCUT2D eigenvalue weighted by molar-refractivity contribution is 0.152. The van der Waals surface area contributed by atoms with Gasteiger partial charge in [-0.25, -0.2) is 0 Å². The third-order valence-corrected chi connectivity index (χ3v) is 6.63. The first-order valence-corrected chi connectivity index (χ1v) is 9.58. The third-order valence-electron chi connectivity index (χ3n) is 4.96. The van der Waals surface area contributed by atoms with Gasteiger partial charge in [-0.3, -0.25) is 0 Å². The van der Waals surface area contributed by atoms with Gasteiger partial charge in [0.25, 0.3) is 10.2 Å². The number of hydrogen-bond donors (Lipinski definition) is 1. The zero-order valence-electron chi connectivity index (χ0n) is 13.9. The number of likely N-dealkylation sites (N-methyl/N-ethyl adjacent to an activating group) is 1. The van der Waals surface area contributed by atoms with E-state index in [9.17, 15) is 8.42 Å². The van der Waals surface area contributed by atoms with Crippen LogP contribution in [0.25, 0.3) is 0 Å². The minimum Gasteiger partial charge on any atom is -0.305 e. The molecular weight excluding hydrogens is 286 g/mol. The monoisotopic (exact) mass is 317 g/mol. The van der Waals surface area contributed by atoms with Crippen LogP contribution in [0.2, 0.25) is 0 Å². The lowest BCUT2D eigenvalue weighted by atomic mass is 9.76. The molecule has 0 aliphatic carbocycles.